The molecule has 2 nitrogen and oxygen atoms in total. The fraction of sp³-hybridized carbons (Fsp3) is 0.538. The first kappa shape index (κ1) is 18.1. The average Bonchev–Trinajstić information content (AvgIpc) is 2.45. The third-order valence-corrected chi connectivity index (χ3v) is 4.20. The Labute approximate surface area is 121 Å². The lowest BCUT2D eigenvalue weighted by Gasteiger charge is -2.27. The highest BCUT2D eigenvalue weighted by Gasteiger charge is 2.59. The number of hydrogen-bond donors (Lipinski definition) is 0. The first-order valence-corrected chi connectivity index (χ1v) is 7.88. The highest BCUT2D eigenvalue weighted by molar-refractivity contribution is 6.44. The quantitative estimate of drug-likeness (QED) is 0.506. The fourth-order valence-corrected chi connectivity index (χ4v) is 3.06. The molecule has 0 spiro atoms. The predicted molar refractivity (Wildman–Crippen MR) is 69.1 cm³/mol. The van der Waals surface area contributed by atoms with Gasteiger partial charge >= 0.3 is 21.3 Å². The van der Waals surface area contributed by atoms with Gasteiger partial charge in [0.2, 0.25) is 0 Å². The summed E-state index contributed by atoms with van der Waals surface area (Å²) in [7, 11) is -2.71. The van der Waals surface area contributed by atoms with Gasteiger partial charge in [0.25, 0.3) is 0 Å². The Bertz CT molecular complexity index is 416. The summed E-state index contributed by atoms with van der Waals surface area (Å²) in [6.07, 6.45) is -4.37. The van der Waals surface area contributed by atoms with E-state index in [1.807, 2.05) is 0 Å². The summed E-state index contributed by atoms with van der Waals surface area (Å²) in [6.45, 7) is -0.636. The topological polar surface area (TPSA) is 18.5 Å². The summed E-state index contributed by atoms with van der Waals surface area (Å²) in [5.41, 5.74) is 0.627. The zero-order valence-corrected chi connectivity index (χ0v) is 12.4. The number of benzene rings is 1. The molecule has 0 heterocycles. The van der Waals surface area contributed by atoms with E-state index in [0.717, 1.165) is 0 Å². The Morgan fingerprint density at radius 2 is 1.71 bits per heavy atom. The van der Waals surface area contributed by atoms with Crippen molar-refractivity contribution in [3.05, 3.63) is 35.9 Å². The van der Waals surface area contributed by atoms with Gasteiger partial charge in [-0.25, -0.2) is 4.39 Å². The van der Waals surface area contributed by atoms with Crippen LogP contribution in [0.4, 0.5) is 22.0 Å². The number of alkyl halides is 5. The molecule has 0 amide bonds. The Kier molecular flexibility index (Phi) is 6.76. The minimum Gasteiger partial charge on any atom is -0.393 e. The molecule has 0 N–H and O–H groups in total. The Morgan fingerprint density at radius 3 is 2.24 bits per heavy atom. The van der Waals surface area contributed by atoms with Crippen LogP contribution in [0.25, 0.3) is 0 Å². The molecule has 0 saturated carbocycles. The molecule has 0 saturated heterocycles. The van der Waals surface area contributed by atoms with Crippen molar-refractivity contribution in [2.75, 3.05) is 13.3 Å². The highest BCUT2D eigenvalue weighted by Crippen LogP contribution is 2.36. The van der Waals surface area contributed by atoms with E-state index >= 15 is 0 Å². The van der Waals surface area contributed by atoms with Crippen LogP contribution >= 0.6 is 0 Å². The Hall–Kier alpha value is -0.993. The van der Waals surface area contributed by atoms with Crippen LogP contribution in [0.2, 0.25) is 0 Å². The molecule has 1 aromatic rings. The van der Waals surface area contributed by atoms with Crippen molar-refractivity contribution in [2.45, 2.75) is 31.4 Å². The van der Waals surface area contributed by atoms with E-state index in [2.05, 4.69) is 4.43 Å². The summed E-state index contributed by atoms with van der Waals surface area (Å²) < 4.78 is 73.7. The molecular weight excluding hydrogens is 311 g/mol. The first-order valence-electron chi connectivity index (χ1n) is 6.35. The smallest absolute Gasteiger partial charge is 0.393 e. The maximum Gasteiger partial charge on any atom is 0.414 e. The van der Waals surface area contributed by atoms with Gasteiger partial charge in [-0.15, -0.1) is 0 Å². The lowest BCUT2D eigenvalue weighted by Crippen LogP contribution is -2.49. The lowest BCUT2D eigenvalue weighted by atomic mass is 10.2. The van der Waals surface area contributed by atoms with Crippen molar-refractivity contribution in [1.82, 2.24) is 0 Å². The zero-order valence-electron chi connectivity index (χ0n) is 11.4. The number of rotatable bonds is 9. The minimum atomic E-state index is -4.89. The fourth-order valence-electron chi connectivity index (χ4n) is 1.39. The van der Waals surface area contributed by atoms with Gasteiger partial charge in [-0.3, -0.25) is 0 Å². The molecule has 0 atom stereocenters. The monoisotopic (exact) mass is 327 g/mol. The van der Waals surface area contributed by atoms with Crippen LogP contribution in [-0.4, -0.2) is 34.6 Å². The number of halogens is 5. The molecule has 0 aromatic heterocycles. The van der Waals surface area contributed by atoms with Crippen molar-refractivity contribution in [3.8, 4) is 0 Å². The van der Waals surface area contributed by atoms with E-state index in [1.165, 1.54) is 0 Å². The van der Waals surface area contributed by atoms with Crippen LogP contribution in [0.3, 0.4) is 0 Å². The van der Waals surface area contributed by atoms with Gasteiger partial charge < -0.3 is 8.85 Å². The van der Waals surface area contributed by atoms with Crippen molar-refractivity contribution >= 4 is 9.28 Å². The van der Waals surface area contributed by atoms with Gasteiger partial charge in [0.1, 0.15) is 0 Å². The summed E-state index contributed by atoms with van der Waals surface area (Å²) in [5.74, 6) is -4.87. The average molecular weight is 327 g/mol. The van der Waals surface area contributed by atoms with E-state index in [1.54, 1.807) is 37.3 Å². The third kappa shape index (κ3) is 5.37. The van der Waals surface area contributed by atoms with Crippen molar-refractivity contribution in [3.63, 3.8) is 0 Å². The van der Waals surface area contributed by atoms with Crippen LogP contribution in [0.15, 0.2) is 30.3 Å². The predicted octanol–water partition coefficient (Wildman–Crippen LogP) is 3.90. The van der Waals surface area contributed by atoms with E-state index in [-0.39, 0.29) is 12.7 Å². The van der Waals surface area contributed by atoms with Crippen molar-refractivity contribution in [1.29, 1.82) is 0 Å². The molecule has 0 aliphatic rings. The second-order valence-corrected chi connectivity index (χ2v) is 5.93. The zero-order chi connectivity index (χ0) is 15.9. The molecule has 21 heavy (non-hydrogen) atoms. The molecule has 1 radical (unpaired) electrons. The van der Waals surface area contributed by atoms with E-state index < -0.39 is 28.0 Å². The molecular formula is C13H16F5O2Si. The second-order valence-electron chi connectivity index (χ2n) is 4.34. The van der Waals surface area contributed by atoms with Crippen molar-refractivity contribution < 1.29 is 30.8 Å². The van der Waals surface area contributed by atoms with Crippen LogP contribution in [0.5, 0.6) is 0 Å². The largest absolute Gasteiger partial charge is 0.414 e. The van der Waals surface area contributed by atoms with Gasteiger partial charge in [-0.05, 0) is 12.0 Å². The Balaban J connectivity index is 2.78. The van der Waals surface area contributed by atoms with Crippen LogP contribution in [0, 0.1) is 0 Å². The second kappa shape index (κ2) is 7.86. The van der Waals surface area contributed by atoms with Crippen LogP contribution < -0.4 is 0 Å². The lowest BCUT2D eigenvalue weighted by molar-refractivity contribution is -0.319. The highest BCUT2D eigenvalue weighted by atomic mass is 28.3. The molecule has 8 heteroatoms. The maximum atomic E-state index is 13.3. The molecule has 0 bridgehead atoms. The van der Waals surface area contributed by atoms with Crippen LogP contribution in [-0.2, 0) is 14.9 Å². The van der Waals surface area contributed by atoms with Crippen molar-refractivity contribution in [2.24, 2.45) is 0 Å². The van der Waals surface area contributed by atoms with Gasteiger partial charge in [0.05, 0.1) is 0 Å². The summed E-state index contributed by atoms with van der Waals surface area (Å²) in [6, 6.07) is 8.36. The van der Waals surface area contributed by atoms with Gasteiger partial charge in [0, 0.05) is 12.7 Å². The molecule has 0 aliphatic heterocycles. The van der Waals surface area contributed by atoms with Crippen LogP contribution in [0.1, 0.15) is 18.9 Å². The Morgan fingerprint density at radius 1 is 1.10 bits per heavy atom. The summed E-state index contributed by atoms with van der Waals surface area (Å²) in [4.78, 5) is 0. The summed E-state index contributed by atoms with van der Waals surface area (Å²) >= 11 is 0. The van der Waals surface area contributed by atoms with E-state index in [9.17, 15) is 22.0 Å². The third-order valence-electron chi connectivity index (χ3n) is 2.49. The summed E-state index contributed by atoms with van der Waals surface area (Å²) in [5, 5.41) is 0. The SMILES string of the molecule is CCCO[Si](Cc1ccccc1)OC(F)(F)C(F)(F)CF. The number of hydrogen-bond acceptors (Lipinski definition) is 2. The maximum absolute atomic E-state index is 13.3. The van der Waals surface area contributed by atoms with Gasteiger partial charge in [-0.2, -0.15) is 17.6 Å². The molecule has 0 fully saturated rings. The molecule has 0 aliphatic carbocycles. The van der Waals surface area contributed by atoms with E-state index in [0.29, 0.717) is 12.0 Å². The molecule has 1 rings (SSSR count). The van der Waals surface area contributed by atoms with E-state index in [4.69, 9.17) is 4.43 Å². The van der Waals surface area contributed by atoms with Gasteiger partial charge in [-0.1, -0.05) is 37.3 Å². The molecule has 119 valence electrons. The first-order chi connectivity index (χ1) is 9.82. The molecule has 1 aromatic carbocycles. The molecule has 0 unspecified atom stereocenters. The minimum absolute atomic E-state index is 0.0382. The normalized spacial score (nSPS) is 12.9. The van der Waals surface area contributed by atoms with Gasteiger partial charge in [0.15, 0.2) is 6.67 Å². The standard InChI is InChI=1S/C13H16F5O2Si/c1-2-8-19-21(9-11-6-4-3-5-7-11)20-13(17,18)12(15,16)10-14/h3-7H,2,8-10H2,1H3.